The zero-order chi connectivity index (χ0) is 53.4. The van der Waals surface area contributed by atoms with Crippen LogP contribution in [0.2, 0.25) is 5.02 Å². The zero-order valence-electron chi connectivity index (χ0n) is 43.3. The van der Waals surface area contributed by atoms with Gasteiger partial charge < -0.3 is 64.5 Å². The lowest BCUT2D eigenvalue weighted by atomic mass is 10.0. The number of hydrogen-bond acceptors (Lipinski definition) is 13. The van der Waals surface area contributed by atoms with Gasteiger partial charge >= 0.3 is 0 Å². The molecule has 4 aliphatic rings. The van der Waals surface area contributed by atoms with Crippen molar-refractivity contribution in [3.05, 3.63) is 88.8 Å². The predicted molar refractivity (Wildman–Crippen MR) is 290 cm³/mol. The van der Waals surface area contributed by atoms with Crippen molar-refractivity contribution in [1.29, 1.82) is 0 Å². The Kier molecular flexibility index (Phi) is 17.3. The van der Waals surface area contributed by atoms with Gasteiger partial charge in [0, 0.05) is 55.3 Å². The third-order valence-electron chi connectivity index (χ3n) is 14.6. The summed E-state index contributed by atoms with van der Waals surface area (Å²) in [6.07, 6.45) is 4.69. The first-order valence-electron chi connectivity index (χ1n) is 26.7. The molecule has 4 fully saturated rings. The standard InChI is InChI=1S/C57H66ClF2N9O8/c1-68-24-20-44(42(60)31-68)64-43-11-8-12-47-39(43)26-36(69(47)30-34-14-15-34)10-9-22-61-45-29-41(59)38(27-49(45)73-2)56(72)63-21-7-5-3-4-6-13-51(71)62-23-25-74-37-18-16-35(17-19-37)52-40(58)28-46-55(66-52)67-57(65-46)77-50-33-76-53-48(70)32-75-54(50)53/h8,11-12,16-19,26-29,34,42,44,48,50,53-54,61,64,70H,3-7,13-15,20-25,30-33H2,1-2H3,(H,62,71)(H,63,72)(H,65,66,67)/t42-,44+,48+,50+,53+,54+/m0/s1. The molecule has 0 radical (unpaired) electrons. The summed E-state index contributed by atoms with van der Waals surface area (Å²) >= 11 is 6.63. The van der Waals surface area contributed by atoms with Crippen molar-refractivity contribution < 1.29 is 47.2 Å². The van der Waals surface area contributed by atoms with Gasteiger partial charge in [-0.3, -0.25) is 9.59 Å². The Bertz CT molecular complexity index is 3110. The molecule has 77 heavy (non-hydrogen) atoms. The average molecular weight is 1080 g/mol. The Hall–Kier alpha value is -6.69. The van der Waals surface area contributed by atoms with Gasteiger partial charge in [0.15, 0.2) is 11.8 Å². The zero-order valence-corrected chi connectivity index (χ0v) is 44.1. The second-order valence-corrected chi connectivity index (χ2v) is 20.8. The van der Waals surface area contributed by atoms with Crippen LogP contribution >= 0.6 is 11.6 Å². The highest BCUT2D eigenvalue weighted by Gasteiger charge is 2.48. The van der Waals surface area contributed by atoms with Crippen molar-refractivity contribution in [3.63, 3.8) is 0 Å². The highest BCUT2D eigenvalue weighted by atomic mass is 35.5. The van der Waals surface area contributed by atoms with E-state index in [0.717, 1.165) is 73.0 Å². The second kappa shape index (κ2) is 24.8. The number of nitrogens with zero attached hydrogens (tertiary/aromatic N) is 4. The van der Waals surface area contributed by atoms with Crippen molar-refractivity contribution in [2.75, 3.05) is 77.3 Å². The van der Waals surface area contributed by atoms with Crippen molar-refractivity contribution in [2.24, 2.45) is 5.92 Å². The molecule has 17 nitrogen and oxygen atoms in total. The van der Waals surface area contributed by atoms with E-state index in [9.17, 15) is 19.1 Å². The Morgan fingerprint density at radius 2 is 1.77 bits per heavy atom. The van der Waals surface area contributed by atoms with Crippen LogP contribution in [0.4, 0.5) is 20.2 Å². The lowest BCUT2D eigenvalue weighted by Crippen LogP contribution is -2.46. The van der Waals surface area contributed by atoms with E-state index in [-0.39, 0.29) is 49.4 Å². The molecule has 6 atom stereocenters. The van der Waals surface area contributed by atoms with Gasteiger partial charge in [0.25, 0.3) is 11.9 Å². The number of unbranched alkanes of at least 4 members (excludes halogenated alkanes) is 4. The number of amides is 2. The van der Waals surface area contributed by atoms with Crippen LogP contribution in [0, 0.1) is 23.6 Å². The second-order valence-electron chi connectivity index (χ2n) is 20.4. The van der Waals surface area contributed by atoms with Gasteiger partial charge in [-0.2, -0.15) is 4.98 Å². The summed E-state index contributed by atoms with van der Waals surface area (Å²) in [5.74, 6) is 6.82. The molecule has 20 heteroatoms. The monoisotopic (exact) mass is 1080 g/mol. The number of fused-ring (bicyclic) bond motifs is 3. The first kappa shape index (κ1) is 53.7. The number of aromatic nitrogens is 4. The summed E-state index contributed by atoms with van der Waals surface area (Å²) in [6, 6.07) is 19.9. The van der Waals surface area contributed by atoms with E-state index in [1.165, 1.54) is 32.1 Å². The molecule has 3 aliphatic heterocycles. The van der Waals surface area contributed by atoms with E-state index in [1.54, 1.807) is 6.07 Å². The molecule has 10 rings (SSSR count). The minimum atomic E-state index is -0.957. The predicted octanol–water partition coefficient (Wildman–Crippen LogP) is 7.88. The molecule has 0 spiro atoms. The fourth-order valence-corrected chi connectivity index (χ4v) is 10.5. The maximum atomic E-state index is 15.4. The molecular weight excluding hydrogens is 1010 g/mol. The first-order valence-corrected chi connectivity index (χ1v) is 27.1. The molecule has 6 heterocycles. The normalized spacial score (nSPS) is 21.1. The molecule has 3 aromatic carbocycles. The van der Waals surface area contributed by atoms with Gasteiger partial charge in [0.2, 0.25) is 5.91 Å². The van der Waals surface area contributed by atoms with E-state index in [1.807, 2.05) is 48.3 Å². The molecule has 3 aromatic heterocycles. The van der Waals surface area contributed by atoms with Crippen molar-refractivity contribution >= 4 is 56.9 Å². The van der Waals surface area contributed by atoms with Crippen molar-refractivity contribution in [2.45, 2.75) is 101 Å². The number of hydrogen-bond donors (Lipinski definition) is 6. The summed E-state index contributed by atoms with van der Waals surface area (Å²) in [6.45, 7) is 3.83. The average Bonchev–Trinajstić information content (AvgIpc) is 3.78. The molecule has 6 aromatic rings. The molecule has 408 valence electrons. The lowest BCUT2D eigenvalue weighted by molar-refractivity contribution is -0.121. The fourth-order valence-electron chi connectivity index (χ4n) is 10.2. The summed E-state index contributed by atoms with van der Waals surface area (Å²) < 4.78 is 61.3. The number of aliphatic hydroxyl groups is 1. The van der Waals surface area contributed by atoms with Crippen LogP contribution in [0.25, 0.3) is 33.3 Å². The summed E-state index contributed by atoms with van der Waals surface area (Å²) in [7, 11) is 3.42. The first-order chi connectivity index (χ1) is 37.5. The number of carbonyl (C=O) groups is 2. The smallest absolute Gasteiger partial charge is 0.296 e. The molecule has 3 saturated heterocycles. The van der Waals surface area contributed by atoms with E-state index in [0.29, 0.717) is 84.1 Å². The van der Waals surface area contributed by atoms with Crippen LogP contribution in [0.5, 0.6) is 17.5 Å². The number of halogens is 3. The topological polar surface area (TPSA) is 198 Å². The summed E-state index contributed by atoms with van der Waals surface area (Å²) in [5.41, 5.74) is 5.46. The van der Waals surface area contributed by atoms with Crippen LogP contribution in [-0.4, -0.2) is 145 Å². The number of anilines is 2. The number of H-pyrrole nitrogens is 1. The third-order valence-corrected chi connectivity index (χ3v) is 14.9. The van der Waals surface area contributed by atoms with Crippen LogP contribution in [0.3, 0.4) is 0 Å². The van der Waals surface area contributed by atoms with Crippen molar-refractivity contribution in [1.82, 2.24) is 35.1 Å². The van der Waals surface area contributed by atoms with Gasteiger partial charge in [-0.15, -0.1) is 0 Å². The fraction of sp³-hybridized carbons (Fsp3) is 0.474. The molecule has 6 N–H and O–H groups in total. The number of likely N-dealkylation sites (tertiary alicyclic amines) is 1. The SMILES string of the molecule is COc1cc(C(=O)NCCCCCCCC(=O)NCCOc2ccc(-c3nc4nc(O[C@@H]5CO[C@H]6[C@@H]5OC[C@H]6O)[nH]c4cc3Cl)cc2)c(F)cc1NCC#Cc1cc2c(N[C@@H]3CCN(C)C[C@@H]3F)cccc2n1CC1CC1. The number of alkyl halides is 1. The Morgan fingerprint density at radius 3 is 2.58 bits per heavy atom. The highest BCUT2D eigenvalue weighted by Crippen LogP contribution is 2.37. The number of imidazole rings is 1. The number of rotatable bonds is 23. The minimum Gasteiger partial charge on any atom is -0.495 e. The molecule has 1 aliphatic carbocycles. The van der Waals surface area contributed by atoms with Crippen LogP contribution in [0.15, 0.2) is 66.7 Å². The van der Waals surface area contributed by atoms with Crippen LogP contribution in [0.1, 0.15) is 73.8 Å². The number of piperidine rings is 1. The van der Waals surface area contributed by atoms with E-state index in [4.69, 9.17) is 35.3 Å². The third kappa shape index (κ3) is 13.2. The van der Waals surface area contributed by atoms with Gasteiger partial charge in [0.05, 0.1) is 78.1 Å². The van der Waals surface area contributed by atoms with E-state index in [2.05, 4.69) is 64.8 Å². The number of nitrogens with one attached hydrogen (secondary N) is 5. The van der Waals surface area contributed by atoms with Gasteiger partial charge in [-0.1, -0.05) is 42.9 Å². The number of methoxy groups -OCH3 is 1. The Labute approximate surface area is 451 Å². The van der Waals surface area contributed by atoms with Crippen molar-refractivity contribution in [3.8, 4) is 40.6 Å². The van der Waals surface area contributed by atoms with Crippen LogP contribution in [-0.2, 0) is 20.8 Å². The number of benzene rings is 3. The van der Waals surface area contributed by atoms with Gasteiger partial charge in [-0.05, 0) is 106 Å². The maximum Gasteiger partial charge on any atom is 0.296 e. The largest absolute Gasteiger partial charge is 0.495 e. The molecule has 1 saturated carbocycles. The van der Waals surface area contributed by atoms with Gasteiger partial charge in [0.1, 0.15) is 48.4 Å². The van der Waals surface area contributed by atoms with E-state index < -0.39 is 36.2 Å². The molecule has 0 bridgehead atoms. The lowest BCUT2D eigenvalue weighted by Gasteiger charge is -2.33. The highest BCUT2D eigenvalue weighted by molar-refractivity contribution is 6.33. The van der Waals surface area contributed by atoms with E-state index >= 15 is 4.39 Å². The maximum absolute atomic E-state index is 15.4. The molecular formula is C57H66ClF2N9O8. The Balaban J connectivity index is 0.604. The van der Waals surface area contributed by atoms with Gasteiger partial charge in [-0.25, -0.2) is 13.8 Å². The number of aromatic amines is 1. The number of carbonyl (C=O) groups excluding carboxylic acids is 2. The number of ether oxygens (including phenoxy) is 5. The Morgan fingerprint density at radius 1 is 0.948 bits per heavy atom. The number of aliphatic hydroxyl groups excluding tert-OH is 1. The summed E-state index contributed by atoms with van der Waals surface area (Å²) in [4.78, 5) is 39.8. The number of pyridine rings is 1. The van der Waals surface area contributed by atoms with Crippen LogP contribution < -0.4 is 35.5 Å². The summed E-state index contributed by atoms with van der Waals surface area (Å²) in [5, 5.41) is 23.9. The minimum absolute atomic E-state index is 0.0502. The molecule has 2 amide bonds. The quantitative estimate of drug-likeness (QED) is 0.0268. The molecule has 0 unspecified atom stereocenters.